The third-order valence-electron chi connectivity index (χ3n) is 3.29. The molecule has 0 fully saturated rings. The number of unbranched alkanes of at least 4 members (excludes halogenated alkanes) is 1. The van der Waals surface area contributed by atoms with Crippen LogP contribution < -0.4 is 15.4 Å². The lowest BCUT2D eigenvalue weighted by Gasteiger charge is -2.14. The number of halogens is 3. The van der Waals surface area contributed by atoms with E-state index >= 15 is 0 Å². The summed E-state index contributed by atoms with van der Waals surface area (Å²) in [6.07, 6.45) is -0.0184. The van der Waals surface area contributed by atoms with Crippen LogP contribution in [0.1, 0.15) is 31.7 Å². The molecule has 9 heteroatoms. The maximum atomic E-state index is 12.3. The summed E-state index contributed by atoms with van der Waals surface area (Å²) in [5.74, 6) is 0.501. The lowest BCUT2D eigenvalue weighted by atomic mass is 10.2. The van der Waals surface area contributed by atoms with Crippen molar-refractivity contribution < 1.29 is 22.6 Å². The average molecular weight is 376 g/mol. The van der Waals surface area contributed by atoms with Crippen LogP contribution in [0.15, 0.2) is 23.3 Å². The Hall–Kier alpha value is -2.03. The van der Waals surface area contributed by atoms with Crippen molar-refractivity contribution in [2.24, 2.45) is 4.99 Å². The number of nitrogens with one attached hydrogen (secondary N) is 2. The Kier molecular flexibility index (Phi) is 10.5. The van der Waals surface area contributed by atoms with Crippen LogP contribution >= 0.6 is 0 Å². The molecule has 0 radical (unpaired) electrons. The third kappa shape index (κ3) is 10.1. The number of guanidine groups is 1. The molecule has 0 atom stereocenters. The number of ether oxygens (including phenoxy) is 2. The molecule has 1 aromatic heterocycles. The summed E-state index contributed by atoms with van der Waals surface area (Å²) >= 11 is 0. The first-order valence-electron chi connectivity index (χ1n) is 8.62. The van der Waals surface area contributed by atoms with Gasteiger partial charge in [0, 0.05) is 45.1 Å². The largest absolute Gasteiger partial charge is 0.468 e. The van der Waals surface area contributed by atoms with E-state index in [2.05, 4.69) is 27.5 Å². The molecule has 1 aromatic rings. The number of pyridine rings is 1. The molecule has 0 saturated carbocycles. The fraction of sp³-hybridized carbons (Fsp3) is 0.647. The first-order chi connectivity index (χ1) is 12.5. The van der Waals surface area contributed by atoms with Crippen LogP contribution in [0.5, 0.6) is 5.88 Å². The van der Waals surface area contributed by atoms with Crippen LogP contribution in [0, 0.1) is 0 Å². The highest BCUT2D eigenvalue weighted by Gasteiger charge is 2.29. The van der Waals surface area contributed by atoms with Crippen molar-refractivity contribution in [2.75, 3.05) is 33.4 Å². The van der Waals surface area contributed by atoms with Gasteiger partial charge < -0.3 is 20.1 Å². The molecule has 0 aromatic carbocycles. The van der Waals surface area contributed by atoms with Crippen molar-refractivity contribution in [1.82, 2.24) is 15.6 Å². The topological polar surface area (TPSA) is 67.8 Å². The van der Waals surface area contributed by atoms with E-state index in [0.717, 1.165) is 25.9 Å². The standard InChI is InChI=1S/C17H27F3N4O2/c1-3-4-10-25-11-6-9-23-16(21-2)24-12-14-7-5-8-22-15(14)26-13-17(18,19)20/h5,7-8H,3-4,6,9-13H2,1-2H3,(H2,21,23,24). The van der Waals surface area contributed by atoms with Crippen LogP contribution in [0.2, 0.25) is 0 Å². The van der Waals surface area contributed by atoms with Gasteiger partial charge in [0.15, 0.2) is 12.6 Å². The first-order valence-corrected chi connectivity index (χ1v) is 8.62. The van der Waals surface area contributed by atoms with Gasteiger partial charge in [0.25, 0.3) is 0 Å². The minimum atomic E-state index is -4.40. The minimum Gasteiger partial charge on any atom is -0.468 e. The van der Waals surface area contributed by atoms with E-state index in [-0.39, 0.29) is 12.4 Å². The molecule has 0 aliphatic heterocycles. The fourth-order valence-electron chi connectivity index (χ4n) is 1.97. The Labute approximate surface area is 152 Å². The molecule has 26 heavy (non-hydrogen) atoms. The Balaban J connectivity index is 2.37. The highest BCUT2D eigenvalue weighted by Crippen LogP contribution is 2.19. The Morgan fingerprint density at radius 1 is 1.23 bits per heavy atom. The monoisotopic (exact) mass is 376 g/mol. The average Bonchev–Trinajstić information content (AvgIpc) is 2.61. The highest BCUT2D eigenvalue weighted by atomic mass is 19.4. The lowest BCUT2D eigenvalue weighted by molar-refractivity contribution is -0.154. The predicted octanol–water partition coefficient (Wildman–Crippen LogP) is 2.89. The SMILES string of the molecule is CCCCOCCCNC(=NC)NCc1cccnc1OCC(F)(F)F. The van der Waals surface area contributed by atoms with Gasteiger partial charge >= 0.3 is 6.18 Å². The number of rotatable bonds is 11. The summed E-state index contributed by atoms with van der Waals surface area (Å²) in [6, 6.07) is 3.29. The summed E-state index contributed by atoms with van der Waals surface area (Å²) in [6.45, 7) is 3.10. The number of alkyl halides is 3. The molecule has 2 N–H and O–H groups in total. The summed E-state index contributed by atoms with van der Waals surface area (Å²) in [7, 11) is 1.62. The van der Waals surface area contributed by atoms with Crippen molar-refractivity contribution in [1.29, 1.82) is 0 Å². The number of hydrogen-bond acceptors (Lipinski definition) is 4. The molecule has 1 rings (SSSR count). The van der Waals surface area contributed by atoms with Gasteiger partial charge in [-0.05, 0) is 18.9 Å². The summed E-state index contributed by atoms with van der Waals surface area (Å²) < 4.78 is 47.1. The molecule has 148 valence electrons. The fourth-order valence-corrected chi connectivity index (χ4v) is 1.97. The number of aromatic nitrogens is 1. The number of aliphatic imine (C=N–C) groups is 1. The zero-order chi connectivity index (χ0) is 19.3. The quantitative estimate of drug-likeness (QED) is 0.353. The summed E-state index contributed by atoms with van der Waals surface area (Å²) in [4.78, 5) is 7.94. The van der Waals surface area contributed by atoms with Gasteiger partial charge in [-0.3, -0.25) is 4.99 Å². The van der Waals surface area contributed by atoms with Gasteiger partial charge in [-0.2, -0.15) is 13.2 Å². The van der Waals surface area contributed by atoms with Gasteiger partial charge in [0.2, 0.25) is 5.88 Å². The Morgan fingerprint density at radius 3 is 2.69 bits per heavy atom. The van der Waals surface area contributed by atoms with E-state index in [1.165, 1.54) is 6.20 Å². The smallest absolute Gasteiger partial charge is 0.422 e. The summed E-state index contributed by atoms with van der Waals surface area (Å²) in [5.41, 5.74) is 0.516. The molecule has 0 bridgehead atoms. The third-order valence-corrected chi connectivity index (χ3v) is 3.29. The second-order valence-corrected chi connectivity index (χ2v) is 5.54. The molecule has 0 unspecified atom stereocenters. The van der Waals surface area contributed by atoms with Crippen LogP contribution in [0.4, 0.5) is 13.2 Å². The maximum absolute atomic E-state index is 12.3. The van der Waals surface area contributed by atoms with Crippen LogP contribution in [-0.2, 0) is 11.3 Å². The van der Waals surface area contributed by atoms with Crippen molar-refractivity contribution in [3.05, 3.63) is 23.9 Å². The molecular formula is C17H27F3N4O2. The molecule has 0 spiro atoms. The zero-order valence-electron chi connectivity index (χ0n) is 15.2. The molecule has 0 saturated heterocycles. The minimum absolute atomic E-state index is 0.0443. The van der Waals surface area contributed by atoms with Crippen LogP contribution in [0.25, 0.3) is 0 Å². The predicted molar refractivity (Wildman–Crippen MR) is 94.3 cm³/mol. The van der Waals surface area contributed by atoms with E-state index in [0.29, 0.717) is 24.7 Å². The first kappa shape index (κ1) is 22.0. The zero-order valence-corrected chi connectivity index (χ0v) is 15.2. The molecule has 0 amide bonds. The molecule has 0 aliphatic carbocycles. The normalized spacial score (nSPS) is 12.1. The van der Waals surface area contributed by atoms with Gasteiger partial charge in [0.05, 0.1) is 0 Å². The van der Waals surface area contributed by atoms with E-state index < -0.39 is 12.8 Å². The van der Waals surface area contributed by atoms with Crippen molar-refractivity contribution in [2.45, 2.75) is 38.9 Å². The Morgan fingerprint density at radius 2 is 2.00 bits per heavy atom. The molecular weight excluding hydrogens is 349 g/mol. The Bertz CT molecular complexity index is 539. The van der Waals surface area contributed by atoms with Crippen molar-refractivity contribution >= 4 is 5.96 Å². The van der Waals surface area contributed by atoms with E-state index in [9.17, 15) is 13.2 Å². The van der Waals surface area contributed by atoms with Gasteiger partial charge in [0.1, 0.15) is 0 Å². The van der Waals surface area contributed by atoms with Gasteiger partial charge in [-0.25, -0.2) is 4.98 Å². The number of hydrogen-bond donors (Lipinski definition) is 2. The van der Waals surface area contributed by atoms with Gasteiger partial charge in [-0.1, -0.05) is 19.4 Å². The van der Waals surface area contributed by atoms with Gasteiger partial charge in [-0.15, -0.1) is 0 Å². The van der Waals surface area contributed by atoms with Crippen molar-refractivity contribution in [3.63, 3.8) is 0 Å². The lowest BCUT2D eigenvalue weighted by Crippen LogP contribution is -2.37. The number of nitrogens with zero attached hydrogens (tertiary/aromatic N) is 2. The highest BCUT2D eigenvalue weighted by molar-refractivity contribution is 5.79. The molecule has 1 heterocycles. The summed E-state index contributed by atoms with van der Waals surface area (Å²) in [5, 5.41) is 6.16. The second kappa shape index (κ2) is 12.3. The van der Waals surface area contributed by atoms with Crippen molar-refractivity contribution in [3.8, 4) is 5.88 Å². The molecule has 0 aliphatic rings. The van der Waals surface area contributed by atoms with Crippen LogP contribution in [0.3, 0.4) is 0 Å². The van der Waals surface area contributed by atoms with E-state index in [1.54, 1.807) is 19.2 Å². The van der Waals surface area contributed by atoms with Crippen LogP contribution in [-0.4, -0.2) is 50.5 Å². The van der Waals surface area contributed by atoms with E-state index in [1.807, 2.05) is 0 Å². The second-order valence-electron chi connectivity index (χ2n) is 5.54. The molecule has 6 nitrogen and oxygen atoms in total. The maximum Gasteiger partial charge on any atom is 0.422 e. The van der Waals surface area contributed by atoms with E-state index in [4.69, 9.17) is 9.47 Å².